The molecule has 0 atom stereocenters. The van der Waals surface area contributed by atoms with Crippen LogP contribution in [0.1, 0.15) is 20.8 Å². The maximum absolute atomic E-state index is 10.7. The van der Waals surface area contributed by atoms with Crippen LogP contribution < -0.4 is 16.4 Å². The number of nitrogen functional groups attached to an aromatic ring is 1. The first-order valence-corrected chi connectivity index (χ1v) is 6.16. The highest BCUT2D eigenvalue weighted by molar-refractivity contribution is 5.58. The minimum atomic E-state index is -0.535. The number of nitrogens with zero attached hydrogens (tertiary/aromatic N) is 3. The third-order valence-corrected chi connectivity index (χ3v) is 2.96. The Hall–Kier alpha value is -1.89. The standard InChI is InChI=1S/C12H21N5O2/c1-4-16(8-12(2,3)7-13)10-6-5-9(17(18)19)11(14)15-10/h5-6H,4,7-8,13H2,1-3H3,(H2,14,15). The molecule has 1 aromatic heterocycles. The highest BCUT2D eigenvalue weighted by atomic mass is 16.6. The lowest BCUT2D eigenvalue weighted by molar-refractivity contribution is -0.384. The molecule has 7 heteroatoms. The van der Waals surface area contributed by atoms with Crippen LogP contribution in [0.3, 0.4) is 0 Å². The molecule has 0 spiro atoms. The van der Waals surface area contributed by atoms with Gasteiger partial charge in [-0.05, 0) is 24.9 Å². The Balaban J connectivity index is 3.00. The van der Waals surface area contributed by atoms with E-state index in [1.54, 1.807) is 6.07 Å². The zero-order valence-electron chi connectivity index (χ0n) is 11.6. The van der Waals surface area contributed by atoms with Crippen molar-refractivity contribution in [3.8, 4) is 0 Å². The highest BCUT2D eigenvalue weighted by Gasteiger charge is 2.22. The van der Waals surface area contributed by atoms with Gasteiger partial charge in [-0.2, -0.15) is 0 Å². The number of pyridine rings is 1. The molecule has 106 valence electrons. The summed E-state index contributed by atoms with van der Waals surface area (Å²) in [5.74, 6) is 0.568. The molecule has 1 heterocycles. The number of hydrogen-bond donors (Lipinski definition) is 2. The van der Waals surface area contributed by atoms with E-state index in [0.29, 0.717) is 18.9 Å². The Kier molecular flexibility index (Phi) is 4.66. The van der Waals surface area contributed by atoms with E-state index in [9.17, 15) is 10.1 Å². The van der Waals surface area contributed by atoms with Crippen molar-refractivity contribution in [1.29, 1.82) is 0 Å². The van der Waals surface area contributed by atoms with E-state index in [1.807, 2.05) is 11.8 Å². The predicted molar refractivity (Wildman–Crippen MR) is 76.0 cm³/mol. The van der Waals surface area contributed by atoms with Gasteiger partial charge in [-0.3, -0.25) is 10.1 Å². The number of hydrogen-bond acceptors (Lipinski definition) is 6. The highest BCUT2D eigenvalue weighted by Crippen LogP contribution is 2.25. The van der Waals surface area contributed by atoms with Crippen molar-refractivity contribution >= 4 is 17.3 Å². The first-order chi connectivity index (χ1) is 8.80. The lowest BCUT2D eigenvalue weighted by atomic mass is 9.93. The topological polar surface area (TPSA) is 111 Å². The molecule has 0 aromatic carbocycles. The SMILES string of the molecule is CCN(CC(C)(C)CN)c1ccc([N+](=O)[O-])c(N)n1. The molecule has 0 aliphatic rings. The first-order valence-electron chi connectivity index (χ1n) is 6.16. The van der Waals surface area contributed by atoms with Gasteiger partial charge in [0, 0.05) is 19.2 Å². The van der Waals surface area contributed by atoms with Crippen LogP contribution in [0.25, 0.3) is 0 Å². The number of aromatic nitrogens is 1. The molecule has 0 fully saturated rings. The zero-order valence-corrected chi connectivity index (χ0v) is 11.6. The van der Waals surface area contributed by atoms with Crippen LogP contribution in [0, 0.1) is 15.5 Å². The molecular weight excluding hydrogens is 246 g/mol. The number of rotatable bonds is 6. The summed E-state index contributed by atoms with van der Waals surface area (Å²) in [6.07, 6.45) is 0. The van der Waals surface area contributed by atoms with E-state index < -0.39 is 4.92 Å². The van der Waals surface area contributed by atoms with E-state index in [-0.39, 0.29) is 16.9 Å². The maximum Gasteiger partial charge on any atom is 0.311 e. The van der Waals surface area contributed by atoms with Gasteiger partial charge < -0.3 is 16.4 Å². The Morgan fingerprint density at radius 1 is 1.47 bits per heavy atom. The lowest BCUT2D eigenvalue weighted by Gasteiger charge is -2.31. The van der Waals surface area contributed by atoms with Crippen molar-refractivity contribution in [2.75, 3.05) is 30.3 Å². The molecule has 1 rings (SSSR count). The van der Waals surface area contributed by atoms with Crippen molar-refractivity contribution in [2.45, 2.75) is 20.8 Å². The molecule has 0 radical (unpaired) electrons. The van der Waals surface area contributed by atoms with Gasteiger partial charge >= 0.3 is 5.69 Å². The quantitative estimate of drug-likeness (QED) is 0.595. The van der Waals surface area contributed by atoms with Gasteiger partial charge in [-0.25, -0.2) is 4.98 Å². The summed E-state index contributed by atoms with van der Waals surface area (Å²) in [4.78, 5) is 16.3. The number of nitrogens with two attached hydrogens (primary N) is 2. The summed E-state index contributed by atoms with van der Waals surface area (Å²) in [6.45, 7) is 8.10. The van der Waals surface area contributed by atoms with Gasteiger partial charge in [0.15, 0.2) is 0 Å². The van der Waals surface area contributed by atoms with Gasteiger partial charge in [0.1, 0.15) is 5.82 Å². The Bertz CT molecular complexity index is 461. The summed E-state index contributed by atoms with van der Waals surface area (Å²) >= 11 is 0. The van der Waals surface area contributed by atoms with Crippen molar-refractivity contribution in [1.82, 2.24) is 4.98 Å². The van der Waals surface area contributed by atoms with E-state index in [2.05, 4.69) is 18.8 Å². The molecule has 0 amide bonds. The predicted octanol–water partition coefficient (Wildman–Crippen LogP) is 1.38. The molecule has 0 aliphatic heterocycles. The van der Waals surface area contributed by atoms with Crippen LogP contribution in [-0.2, 0) is 0 Å². The molecule has 7 nitrogen and oxygen atoms in total. The average Bonchev–Trinajstić information content (AvgIpc) is 2.35. The van der Waals surface area contributed by atoms with Crippen LogP contribution in [0.2, 0.25) is 0 Å². The summed E-state index contributed by atoms with van der Waals surface area (Å²) in [5.41, 5.74) is 11.1. The first kappa shape index (κ1) is 15.2. The largest absolute Gasteiger partial charge is 0.378 e. The fourth-order valence-electron chi connectivity index (χ4n) is 1.72. The third kappa shape index (κ3) is 3.78. The number of anilines is 2. The lowest BCUT2D eigenvalue weighted by Crippen LogP contribution is -2.39. The van der Waals surface area contributed by atoms with Crippen LogP contribution in [0.4, 0.5) is 17.3 Å². The van der Waals surface area contributed by atoms with Crippen LogP contribution in [-0.4, -0.2) is 29.5 Å². The minimum Gasteiger partial charge on any atom is -0.378 e. The van der Waals surface area contributed by atoms with Crippen molar-refractivity contribution in [2.24, 2.45) is 11.1 Å². The van der Waals surface area contributed by atoms with Crippen molar-refractivity contribution in [3.05, 3.63) is 22.2 Å². The van der Waals surface area contributed by atoms with Crippen LogP contribution in [0.15, 0.2) is 12.1 Å². The fourth-order valence-corrected chi connectivity index (χ4v) is 1.72. The van der Waals surface area contributed by atoms with Crippen LogP contribution in [0.5, 0.6) is 0 Å². The molecule has 1 aromatic rings. The summed E-state index contributed by atoms with van der Waals surface area (Å²) < 4.78 is 0. The van der Waals surface area contributed by atoms with Gasteiger partial charge in [0.25, 0.3) is 0 Å². The molecule has 0 saturated carbocycles. The summed E-state index contributed by atoms with van der Waals surface area (Å²) in [6, 6.07) is 3.00. The van der Waals surface area contributed by atoms with Gasteiger partial charge in [0.2, 0.25) is 5.82 Å². The normalized spacial score (nSPS) is 11.4. The second-order valence-electron chi connectivity index (χ2n) is 5.21. The molecule has 0 unspecified atom stereocenters. The second kappa shape index (κ2) is 5.83. The van der Waals surface area contributed by atoms with E-state index >= 15 is 0 Å². The zero-order chi connectivity index (χ0) is 14.6. The van der Waals surface area contributed by atoms with Crippen molar-refractivity contribution < 1.29 is 4.92 Å². The van der Waals surface area contributed by atoms with Crippen molar-refractivity contribution in [3.63, 3.8) is 0 Å². The molecular formula is C12H21N5O2. The van der Waals surface area contributed by atoms with E-state index in [1.165, 1.54) is 6.07 Å². The smallest absolute Gasteiger partial charge is 0.311 e. The Morgan fingerprint density at radius 2 is 2.11 bits per heavy atom. The Morgan fingerprint density at radius 3 is 2.53 bits per heavy atom. The molecule has 0 saturated heterocycles. The molecule has 19 heavy (non-hydrogen) atoms. The molecule has 0 bridgehead atoms. The second-order valence-corrected chi connectivity index (χ2v) is 5.21. The monoisotopic (exact) mass is 267 g/mol. The molecule has 4 N–H and O–H groups in total. The fraction of sp³-hybridized carbons (Fsp3) is 0.583. The Labute approximate surface area is 112 Å². The maximum atomic E-state index is 10.7. The van der Waals surface area contributed by atoms with Gasteiger partial charge in [-0.15, -0.1) is 0 Å². The number of nitro groups is 1. The summed E-state index contributed by atoms with van der Waals surface area (Å²) in [7, 11) is 0. The molecule has 0 aliphatic carbocycles. The van der Waals surface area contributed by atoms with Gasteiger partial charge in [-0.1, -0.05) is 13.8 Å². The van der Waals surface area contributed by atoms with Crippen LogP contribution >= 0.6 is 0 Å². The third-order valence-electron chi connectivity index (χ3n) is 2.96. The van der Waals surface area contributed by atoms with Gasteiger partial charge in [0.05, 0.1) is 4.92 Å². The average molecular weight is 267 g/mol. The summed E-state index contributed by atoms with van der Waals surface area (Å²) in [5, 5.41) is 10.7. The minimum absolute atomic E-state index is 0.0613. The van der Waals surface area contributed by atoms with E-state index in [0.717, 1.165) is 6.54 Å². The van der Waals surface area contributed by atoms with E-state index in [4.69, 9.17) is 11.5 Å².